The van der Waals surface area contributed by atoms with Crippen LogP contribution in [0.5, 0.6) is 0 Å². The first kappa shape index (κ1) is 12.8. The third-order valence-corrected chi connectivity index (χ3v) is 2.50. The summed E-state index contributed by atoms with van der Waals surface area (Å²) in [6, 6.07) is 6.56. The molecule has 4 nitrogen and oxygen atoms in total. The van der Waals surface area contributed by atoms with Crippen LogP contribution in [0.15, 0.2) is 24.3 Å². The Morgan fingerprint density at radius 3 is 2.31 bits per heavy atom. The fourth-order valence-electron chi connectivity index (χ4n) is 1.42. The van der Waals surface area contributed by atoms with Crippen molar-refractivity contribution in [2.24, 2.45) is 5.73 Å². The van der Waals surface area contributed by atoms with Crippen molar-refractivity contribution in [3.05, 3.63) is 35.4 Å². The van der Waals surface area contributed by atoms with Crippen LogP contribution in [0.25, 0.3) is 0 Å². The van der Waals surface area contributed by atoms with Gasteiger partial charge in [0, 0.05) is 18.5 Å². The lowest BCUT2D eigenvalue weighted by atomic mass is 10.0. The van der Waals surface area contributed by atoms with Gasteiger partial charge in [0.05, 0.1) is 6.10 Å². The van der Waals surface area contributed by atoms with Crippen molar-refractivity contribution in [2.45, 2.75) is 25.6 Å². The van der Waals surface area contributed by atoms with Crippen LogP contribution in [-0.4, -0.2) is 28.6 Å². The van der Waals surface area contributed by atoms with Crippen molar-refractivity contribution in [1.82, 2.24) is 0 Å². The van der Waals surface area contributed by atoms with E-state index in [9.17, 15) is 15.0 Å². The van der Waals surface area contributed by atoms with Crippen LogP contribution < -0.4 is 5.73 Å². The third-order valence-electron chi connectivity index (χ3n) is 2.50. The summed E-state index contributed by atoms with van der Waals surface area (Å²) in [6.45, 7) is 1.79. The Bertz CT molecular complexity index is 348. The molecule has 0 heterocycles. The first-order chi connectivity index (χ1) is 7.60. The summed E-state index contributed by atoms with van der Waals surface area (Å²) in [4.78, 5) is 11.4. The molecule has 1 aromatic carbocycles. The molecular weight excluding hydrogens is 206 g/mol. The predicted molar refractivity (Wildman–Crippen MR) is 61.1 cm³/mol. The molecule has 0 aliphatic carbocycles. The molecule has 0 spiro atoms. The van der Waals surface area contributed by atoms with E-state index in [0.29, 0.717) is 17.5 Å². The van der Waals surface area contributed by atoms with Crippen LogP contribution >= 0.6 is 0 Å². The number of Topliss-reactive ketones (excluding diaryl/α,β-unsaturated/α-hetero) is 1. The molecule has 88 valence electrons. The molecule has 0 saturated carbocycles. The van der Waals surface area contributed by atoms with Crippen LogP contribution in [-0.2, 0) is 0 Å². The SMILES string of the molecule is CCC(=O)c1ccc(C(O)C(O)CN)cc1. The molecule has 1 aromatic rings. The summed E-state index contributed by atoms with van der Waals surface area (Å²) in [5, 5.41) is 19.0. The number of carbonyl (C=O) groups is 1. The van der Waals surface area contributed by atoms with Gasteiger partial charge in [0.1, 0.15) is 6.10 Å². The number of hydrogen-bond acceptors (Lipinski definition) is 4. The monoisotopic (exact) mass is 223 g/mol. The van der Waals surface area contributed by atoms with Gasteiger partial charge in [-0.25, -0.2) is 0 Å². The summed E-state index contributed by atoms with van der Waals surface area (Å²) < 4.78 is 0. The molecule has 0 bridgehead atoms. The Morgan fingerprint density at radius 1 is 1.31 bits per heavy atom. The first-order valence-electron chi connectivity index (χ1n) is 5.29. The van der Waals surface area contributed by atoms with E-state index in [1.165, 1.54) is 0 Å². The number of benzene rings is 1. The molecule has 0 saturated heterocycles. The van der Waals surface area contributed by atoms with Crippen LogP contribution in [0.3, 0.4) is 0 Å². The van der Waals surface area contributed by atoms with Gasteiger partial charge in [-0.1, -0.05) is 31.2 Å². The number of aliphatic hydroxyl groups is 2. The quantitative estimate of drug-likeness (QED) is 0.639. The molecule has 0 aliphatic rings. The second-order valence-corrected chi connectivity index (χ2v) is 3.65. The van der Waals surface area contributed by atoms with Crippen molar-refractivity contribution >= 4 is 5.78 Å². The minimum Gasteiger partial charge on any atom is -0.389 e. The normalized spacial score (nSPS) is 14.5. The van der Waals surface area contributed by atoms with Gasteiger partial charge in [-0.05, 0) is 5.56 Å². The van der Waals surface area contributed by atoms with Crippen molar-refractivity contribution in [3.8, 4) is 0 Å². The summed E-state index contributed by atoms with van der Waals surface area (Å²) in [5.41, 5.74) is 6.42. The molecule has 2 unspecified atom stereocenters. The van der Waals surface area contributed by atoms with E-state index >= 15 is 0 Å². The number of ketones is 1. The highest BCUT2D eigenvalue weighted by Gasteiger charge is 2.16. The fraction of sp³-hybridized carbons (Fsp3) is 0.417. The lowest BCUT2D eigenvalue weighted by molar-refractivity contribution is 0.0243. The van der Waals surface area contributed by atoms with E-state index in [0.717, 1.165) is 0 Å². The van der Waals surface area contributed by atoms with Gasteiger partial charge >= 0.3 is 0 Å². The van der Waals surface area contributed by atoms with Crippen LogP contribution in [0.4, 0.5) is 0 Å². The third kappa shape index (κ3) is 2.88. The van der Waals surface area contributed by atoms with Gasteiger partial charge in [0.2, 0.25) is 0 Å². The molecule has 0 aliphatic heterocycles. The van der Waals surface area contributed by atoms with Crippen molar-refractivity contribution in [1.29, 1.82) is 0 Å². The molecule has 0 radical (unpaired) electrons. The van der Waals surface area contributed by atoms with E-state index in [4.69, 9.17) is 5.73 Å². The lowest BCUT2D eigenvalue weighted by Crippen LogP contribution is -2.27. The van der Waals surface area contributed by atoms with E-state index < -0.39 is 12.2 Å². The average Bonchev–Trinajstić information content (AvgIpc) is 2.36. The van der Waals surface area contributed by atoms with Crippen LogP contribution in [0.2, 0.25) is 0 Å². The lowest BCUT2D eigenvalue weighted by Gasteiger charge is -2.16. The Kier molecular flexibility index (Phi) is 4.61. The average molecular weight is 223 g/mol. The maximum atomic E-state index is 11.4. The highest BCUT2D eigenvalue weighted by Crippen LogP contribution is 2.17. The maximum absolute atomic E-state index is 11.4. The van der Waals surface area contributed by atoms with Crippen LogP contribution in [0.1, 0.15) is 35.4 Å². The Balaban J connectivity index is 2.82. The van der Waals surface area contributed by atoms with Crippen molar-refractivity contribution < 1.29 is 15.0 Å². The summed E-state index contributed by atoms with van der Waals surface area (Å²) in [7, 11) is 0. The smallest absolute Gasteiger partial charge is 0.162 e. The molecule has 4 heteroatoms. The van der Waals surface area contributed by atoms with Gasteiger partial charge in [-0.3, -0.25) is 4.79 Å². The standard InChI is InChI=1S/C12H17NO3/c1-2-10(14)8-3-5-9(6-4-8)12(16)11(15)7-13/h3-6,11-12,15-16H,2,7,13H2,1H3. The number of hydrogen-bond donors (Lipinski definition) is 3. The molecule has 1 rings (SSSR count). The van der Waals surface area contributed by atoms with E-state index in [1.807, 2.05) is 0 Å². The van der Waals surface area contributed by atoms with E-state index in [2.05, 4.69) is 0 Å². The van der Waals surface area contributed by atoms with Gasteiger partial charge in [0.15, 0.2) is 5.78 Å². The highest BCUT2D eigenvalue weighted by molar-refractivity contribution is 5.95. The summed E-state index contributed by atoms with van der Waals surface area (Å²) in [5.74, 6) is 0.0559. The Morgan fingerprint density at radius 2 is 1.88 bits per heavy atom. The minimum absolute atomic E-state index is 0.00317. The van der Waals surface area contributed by atoms with Crippen LogP contribution in [0, 0.1) is 0 Å². The maximum Gasteiger partial charge on any atom is 0.162 e. The van der Waals surface area contributed by atoms with E-state index in [1.54, 1.807) is 31.2 Å². The largest absolute Gasteiger partial charge is 0.389 e. The second-order valence-electron chi connectivity index (χ2n) is 3.65. The number of aliphatic hydroxyl groups excluding tert-OH is 2. The van der Waals surface area contributed by atoms with Gasteiger partial charge in [0.25, 0.3) is 0 Å². The molecule has 0 aromatic heterocycles. The Hall–Kier alpha value is -1.23. The molecular formula is C12H17NO3. The topological polar surface area (TPSA) is 83.5 Å². The zero-order valence-corrected chi connectivity index (χ0v) is 9.26. The molecule has 4 N–H and O–H groups in total. The fourth-order valence-corrected chi connectivity index (χ4v) is 1.42. The Labute approximate surface area is 94.7 Å². The van der Waals surface area contributed by atoms with Gasteiger partial charge in [-0.2, -0.15) is 0 Å². The summed E-state index contributed by atoms with van der Waals surface area (Å²) >= 11 is 0. The minimum atomic E-state index is -1.00. The zero-order valence-electron chi connectivity index (χ0n) is 9.26. The second kappa shape index (κ2) is 5.75. The zero-order chi connectivity index (χ0) is 12.1. The van der Waals surface area contributed by atoms with Crippen molar-refractivity contribution in [3.63, 3.8) is 0 Å². The molecule has 16 heavy (non-hydrogen) atoms. The molecule has 0 amide bonds. The number of carbonyl (C=O) groups excluding carboxylic acids is 1. The highest BCUT2D eigenvalue weighted by atomic mass is 16.3. The van der Waals surface area contributed by atoms with Crippen molar-refractivity contribution in [2.75, 3.05) is 6.54 Å². The van der Waals surface area contributed by atoms with E-state index in [-0.39, 0.29) is 12.3 Å². The summed E-state index contributed by atoms with van der Waals surface area (Å²) in [6.07, 6.45) is -1.53. The van der Waals surface area contributed by atoms with Gasteiger partial charge < -0.3 is 15.9 Å². The first-order valence-corrected chi connectivity index (χ1v) is 5.29. The van der Waals surface area contributed by atoms with Gasteiger partial charge in [-0.15, -0.1) is 0 Å². The molecule has 2 atom stereocenters. The number of nitrogens with two attached hydrogens (primary N) is 1. The molecule has 0 fully saturated rings. The number of rotatable bonds is 5. The predicted octanol–water partition coefficient (Wildman–Crippen LogP) is 0.632.